The summed E-state index contributed by atoms with van der Waals surface area (Å²) in [5.41, 5.74) is 10.4. The van der Waals surface area contributed by atoms with Crippen LogP contribution in [0.3, 0.4) is 0 Å². The van der Waals surface area contributed by atoms with Crippen LogP contribution in [0.2, 0.25) is 0 Å². The van der Waals surface area contributed by atoms with Crippen LogP contribution in [-0.2, 0) is 11.8 Å². The summed E-state index contributed by atoms with van der Waals surface area (Å²) in [7, 11) is 1.76. The van der Waals surface area contributed by atoms with E-state index in [1.54, 1.807) is 7.11 Å². The van der Waals surface area contributed by atoms with E-state index in [-0.39, 0.29) is 5.41 Å². The largest absolute Gasteiger partial charge is 0.497 e. The molecule has 108 valence electrons. The minimum absolute atomic E-state index is 0.252. The number of aryl methyl sites for hydroxylation is 1. The lowest BCUT2D eigenvalue weighted by molar-refractivity contribution is 0.0398. The van der Waals surface area contributed by atoms with Gasteiger partial charge in [0, 0.05) is 11.5 Å². The average Bonchev–Trinajstić information content (AvgIpc) is 2.69. The number of hydrogen-bond donors (Lipinski definition) is 1. The van der Waals surface area contributed by atoms with Crippen molar-refractivity contribution >= 4 is 0 Å². The highest BCUT2D eigenvalue weighted by Crippen LogP contribution is 2.65. The van der Waals surface area contributed by atoms with Crippen molar-refractivity contribution in [2.24, 2.45) is 17.1 Å². The molecular weight excluding hydrogens is 246 g/mol. The first-order chi connectivity index (χ1) is 9.61. The predicted molar refractivity (Wildman–Crippen MR) is 81.0 cm³/mol. The molecular formula is C18H25NO. The fourth-order valence-corrected chi connectivity index (χ4v) is 5.67. The van der Waals surface area contributed by atoms with Gasteiger partial charge in [0.2, 0.25) is 0 Å². The molecule has 0 saturated heterocycles. The second kappa shape index (κ2) is 4.00. The molecule has 0 aliphatic heterocycles. The predicted octanol–water partition coefficient (Wildman–Crippen LogP) is 3.42. The van der Waals surface area contributed by atoms with E-state index in [9.17, 15) is 0 Å². The van der Waals surface area contributed by atoms with E-state index >= 15 is 0 Å². The molecule has 0 aromatic heterocycles. The number of benzene rings is 1. The molecule has 0 heterocycles. The molecule has 0 radical (unpaired) electrons. The van der Waals surface area contributed by atoms with E-state index in [1.807, 2.05) is 0 Å². The Balaban J connectivity index is 1.90. The van der Waals surface area contributed by atoms with E-state index < -0.39 is 0 Å². The molecule has 2 bridgehead atoms. The summed E-state index contributed by atoms with van der Waals surface area (Å²) >= 11 is 0. The molecule has 3 aliphatic rings. The van der Waals surface area contributed by atoms with Gasteiger partial charge in [-0.1, -0.05) is 13.0 Å². The van der Waals surface area contributed by atoms with Crippen molar-refractivity contribution < 1.29 is 4.74 Å². The van der Waals surface area contributed by atoms with Gasteiger partial charge < -0.3 is 10.5 Å². The third-order valence-electron chi connectivity index (χ3n) is 6.97. The van der Waals surface area contributed by atoms with Gasteiger partial charge in [-0.15, -0.1) is 0 Å². The van der Waals surface area contributed by atoms with Crippen molar-refractivity contribution in [1.29, 1.82) is 0 Å². The third-order valence-corrected chi connectivity index (χ3v) is 6.97. The van der Waals surface area contributed by atoms with Crippen LogP contribution >= 0.6 is 0 Å². The molecule has 2 heteroatoms. The van der Waals surface area contributed by atoms with Gasteiger partial charge in [-0.3, -0.25) is 0 Å². The summed E-state index contributed by atoms with van der Waals surface area (Å²) in [4.78, 5) is 0. The molecule has 2 nitrogen and oxygen atoms in total. The molecule has 4 rings (SSSR count). The highest BCUT2D eigenvalue weighted by Gasteiger charge is 2.61. The summed E-state index contributed by atoms with van der Waals surface area (Å²) < 4.78 is 5.48. The minimum atomic E-state index is 0.252. The Morgan fingerprint density at radius 2 is 2.00 bits per heavy atom. The lowest BCUT2D eigenvalue weighted by atomic mass is 9.48. The number of ether oxygens (including phenoxy) is 1. The Kier molecular flexibility index (Phi) is 2.54. The molecule has 1 spiro atoms. The van der Waals surface area contributed by atoms with Crippen LogP contribution in [0.1, 0.15) is 50.2 Å². The van der Waals surface area contributed by atoms with Crippen molar-refractivity contribution in [3.8, 4) is 5.75 Å². The molecule has 4 atom stereocenters. The zero-order chi connectivity index (χ0) is 14.0. The first-order valence-electron chi connectivity index (χ1n) is 8.04. The summed E-state index contributed by atoms with van der Waals surface area (Å²) in [6.45, 7) is 2.48. The standard InChI is InChI=1S/C18H25NO/c1-17-8-5-13-7-10-18(17,16(13)19)9-6-12-3-4-14(20-2)11-15(12)17/h3-4,11,13,16H,5-10,19H2,1-2H3/t13-,16-,17+,18+/m1/s1. The van der Waals surface area contributed by atoms with Gasteiger partial charge in [-0.05, 0) is 73.1 Å². The third kappa shape index (κ3) is 1.34. The van der Waals surface area contributed by atoms with E-state index in [4.69, 9.17) is 10.5 Å². The topological polar surface area (TPSA) is 35.2 Å². The van der Waals surface area contributed by atoms with Gasteiger partial charge in [-0.2, -0.15) is 0 Å². The summed E-state index contributed by atoms with van der Waals surface area (Å²) in [5, 5.41) is 0. The fraction of sp³-hybridized carbons (Fsp3) is 0.667. The molecule has 2 fully saturated rings. The Bertz CT molecular complexity index is 554. The zero-order valence-electron chi connectivity index (χ0n) is 12.6. The molecule has 2 N–H and O–H groups in total. The SMILES string of the molecule is COc1ccc2c(c1)[C@]1(C)CC[C@@H]3CC[C@@]1(CC2)[C@@H]3N. The summed E-state index contributed by atoms with van der Waals surface area (Å²) in [6.07, 6.45) is 7.74. The number of methoxy groups -OCH3 is 1. The number of nitrogens with two attached hydrogens (primary N) is 1. The quantitative estimate of drug-likeness (QED) is 0.849. The molecule has 1 aromatic carbocycles. The van der Waals surface area contributed by atoms with Gasteiger partial charge in [0.1, 0.15) is 5.75 Å². The normalized spacial score (nSPS) is 42.0. The van der Waals surface area contributed by atoms with Gasteiger partial charge in [0.25, 0.3) is 0 Å². The minimum Gasteiger partial charge on any atom is -0.497 e. The van der Waals surface area contributed by atoms with Crippen molar-refractivity contribution in [1.82, 2.24) is 0 Å². The number of hydrogen-bond acceptors (Lipinski definition) is 2. The second-order valence-electron chi connectivity index (χ2n) is 7.37. The van der Waals surface area contributed by atoms with Crippen LogP contribution in [0.15, 0.2) is 18.2 Å². The van der Waals surface area contributed by atoms with E-state index in [2.05, 4.69) is 25.1 Å². The van der Waals surface area contributed by atoms with Crippen molar-refractivity contribution in [3.63, 3.8) is 0 Å². The first-order valence-corrected chi connectivity index (χ1v) is 8.04. The molecule has 2 saturated carbocycles. The van der Waals surface area contributed by atoms with Crippen molar-refractivity contribution in [2.75, 3.05) is 7.11 Å². The van der Waals surface area contributed by atoms with Gasteiger partial charge in [-0.25, -0.2) is 0 Å². The van der Waals surface area contributed by atoms with E-state index in [0.717, 1.165) is 11.7 Å². The Morgan fingerprint density at radius 3 is 2.80 bits per heavy atom. The zero-order valence-corrected chi connectivity index (χ0v) is 12.6. The lowest BCUT2D eigenvalue weighted by Gasteiger charge is -2.57. The molecule has 0 amide bonds. The van der Waals surface area contributed by atoms with Crippen LogP contribution in [0, 0.1) is 11.3 Å². The molecule has 20 heavy (non-hydrogen) atoms. The highest BCUT2D eigenvalue weighted by atomic mass is 16.5. The van der Waals surface area contributed by atoms with Crippen LogP contribution in [0.25, 0.3) is 0 Å². The Labute approximate surface area is 121 Å². The van der Waals surface area contributed by atoms with Crippen LogP contribution in [-0.4, -0.2) is 13.2 Å². The Morgan fingerprint density at radius 1 is 1.20 bits per heavy atom. The highest BCUT2D eigenvalue weighted by molar-refractivity contribution is 5.46. The van der Waals surface area contributed by atoms with Crippen LogP contribution < -0.4 is 10.5 Å². The monoisotopic (exact) mass is 271 g/mol. The van der Waals surface area contributed by atoms with Crippen molar-refractivity contribution in [2.45, 2.75) is 56.9 Å². The van der Waals surface area contributed by atoms with Crippen molar-refractivity contribution in [3.05, 3.63) is 29.3 Å². The van der Waals surface area contributed by atoms with E-state index in [1.165, 1.54) is 49.7 Å². The molecule has 1 aromatic rings. The number of fused-ring (bicyclic) bond motifs is 3. The van der Waals surface area contributed by atoms with E-state index in [0.29, 0.717) is 11.5 Å². The maximum Gasteiger partial charge on any atom is 0.119 e. The second-order valence-corrected chi connectivity index (χ2v) is 7.37. The summed E-state index contributed by atoms with van der Waals surface area (Å²) in [5.74, 6) is 1.77. The average molecular weight is 271 g/mol. The lowest BCUT2D eigenvalue weighted by Crippen LogP contribution is -2.58. The van der Waals surface area contributed by atoms with Crippen LogP contribution in [0.4, 0.5) is 0 Å². The van der Waals surface area contributed by atoms with Gasteiger partial charge in [0.15, 0.2) is 0 Å². The Hall–Kier alpha value is -1.02. The first kappa shape index (κ1) is 12.7. The fourth-order valence-electron chi connectivity index (χ4n) is 5.67. The number of rotatable bonds is 1. The molecule has 3 aliphatic carbocycles. The van der Waals surface area contributed by atoms with Crippen LogP contribution in [0.5, 0.6) is 5.75 Å². The van der Waals surface area contributed by atoms with Gasteiger partial charge in [0.05, 0.1) is 7.11 Å². The van der Waals surface area contributed by atoms with Gasteiger partial charge >= 0.3 is 0 Å². The summed E-state index contributed by atoms with van der Waals surface area (Å²) in [6, 6.07) is 7.08. The maximum atomic E-state index is 6.71. The molecule has 0 unspecified atom stereocenters. The maximum absolute atomic E-state index is 6.71. The smallest absolute Gasteiger partial charge is 0.119 e.